The summed E-state index contributed by atoms with van der Waals surface area (Å²) in [5.74, 6) is 1.31. The van der Waals surface area contributed by atoms with Gasteiger partial charge < -0.3 is 14.4 Å². The molecule has 24 heavy (non-hydrogen) atoms. The quantitative estimate of drug-likeness (QED) is 0.848. The van der Waals surface area contributed by atoms with Gasteiger partial charge in [-0.05, 0) is 25.0 Å². The highest BCUT2D eigenvalue weighted by molar-refractivity contribution is 5.81. The fourth-order valence-electron chi connectivity index (χ4n) is 3.44. The van der Waals surface area contributed by atoms with E-state index >= 15 is 0 Å². The second-order valence-corrected chi connectivity index (χ2v) is 6.43. The molecule has 5 heteroatoms. The highest BCUT2D eigenvalue weighted by Crippen LogP contribution is 2.23. The summed E-state index contributed by atoms with van der Waals surface area (Å²) in [6.45, 7) is 4.18. The topological polar surface area (TPSA) is 41.4 Å². The van der Waals surface area contributed by atoms with Crippen molar-refractivity contribution in [2.45, 2.75) is 32.2 Å². The zero-order valence-electron chi connectivity index (χ0n) is 14.6. The summed E-state index contributed by atoms with van der Waals surface area (Å²) in [5.41, 5.74) is 1.07. The summed E-state index contributed by atoms with van der Waals surface area (Å²) in [6.07, 6.45) is 7.00. The van der Waals surface area contributed by atoms with Gasteiger partial charge in [0, 0.05) is 44.6 Å². The normalized spacial score (nSPS) is 17.8. The molecule has 1 amide bonds. The van der Waals surface area contributed by atoms with Gasteiger partial charge in [-0.1, -0.05) is 25.1 Å². The number of hydrogen-bond donors (Lipinski definition) is 0. The minimum absolute atomic E-state index is 0.198. The van der Waals surface area contributed by atoms with Gasteiger partial charge in [-0.15, -0.1) is 0 Å². The molecule has 1 aliphatic heterocycles. The fraction of sp³-hybridized carbons (Fsp3) is 0.474. The number of benzene rings is 1. The number of carbonyl (C=O) groups is 1. The van der Waals surface area contributed by atoms with Gasteiger partial charge in [0.05, 0.1) is 12.6 Å². The molecule has 0 saturated carbocycles. The maximum absolute atomic E-state index is 12.7. The molecular weight excluding hydrogens is 300 g/mol. The van der Waals surface area contributed by atoms with Gasteiger partial charge in [0.25, 0.3) is 0 Å². The molecule has 128 valence electrons. The number of amides is 1. The van der Waals surface area contributed by atoms with Crippen LogP contribution in [-0.4, -0.2) is 47.0 Å². The number of hydrogen-bond acceptors (Lipinski definition) is 3. The van der Waals surface area contributed by atoms with Crippen molar-refractivity contribution in [1.29, 1.82) is 0 Å². The smallest absolute Gasteiger partial charge is 0.242 e. The van der Waals surface area contributed by atoms with Crippen LogP contribution in [0.3, 0.4) is 0 Å². The standard InChI is InChI=1S/C19H26N4O/c1-3-18-20-11-13-23(18)17-10-7-12-22(14-17)19(24)15-21(2)16-8-5-4-6-9-16/h4-6,8-9,11,13,17H,3,7,10,12,14-15H2,1-2H3. The first-order valence-electron chi connectivity index (χ1n) is 8.74. The van der Waals surface area contributed by atoms with Crippen LogP contribution in [0.4, 0.5) is 5.69 Å². The van der Waals surface area contributed by atoms with Gasteiger partial charge in [-0.2, -0.15) is 0 Å². The second kappa shape index (κ2) is 7.51. The molecule has 0 N–H and O–H groups in total. The van der Waals surface area contributed by atoms with Crippen LogP contribution in [0, 0.1) is 0 Å². The van der Waals surface area contributed by atoms with E-state index in [2.05, 4.69) is 16.5 Å². The number of likely N-dealkylation sites (N-methyl/N-ethyl adjacent to an activating group) is 1. The molecule has 1 saturated heterocycles. The van der Waals surface area contributed by atoms with Crippen LogP contribution in [0.2, 0.25) is 0 Å². The van der Waals surface area contributed by atoms with Crippen LogP contribution < -0.4 is 4.90 Å². The van der Waals surface area contributed by atoms with Crippen LogP contribution in [0.1, 0.15) is 31.6 Å². The molecule has 0 bridgehead atoms. The molecule has 0 radical (unpaired) electrons. The molecule has 5 nitrogen and oxygen atoms in total. The van der Waals surface area contributed by atoms with Crippen LogP contribution in [0.15, 0.2) is 42.7 Å². The van der Waals surface area contributed by atoms with E-state index in [1.54, 1.807) is 0 Å². The Kier molecular flexibility index (Phi) is 5.18. The fourth-order valence-corrected chi connectivity index (χ4v) is 3.44. The third-order valence-corrected chi connectivity index (χ3v) is 4.78. The molecular formula is C19H26N4O. The summed E-state index contributed by atoms with van der Waals surface area (Å²) in [5, 5.41) is 0. The number of aromatic nitrogens is 2. The van der Waals surface area contributed by atoms with E-state index in [0.717, 1.165) is 43.9 Å². The van der Waals surface area contributed by atoms with Gasteiger partial charge in [-0.3, -0.25) is 4.79 Å². The number of para-hydroxylation sites is 1. The second-order valence-electron chi connectivity index (χ2n) is 6.43. The van der Waals surface area contributed by atoms with Gasteiger partial charge in [0.15, 0.2) is 0 Å². The Bertz CT molecular complexity index is 667. The third-order valence-electron chi connectivity index (χ3n) is 4.78. The Balaban J connectivity index is 1.63. The monoisotopic (exact) mass is 326 g/mol. The first-order valence-corrected chi connectivity index (χ1v) is 8.74. The Morgan fingerprint density at radius 1 is 1.33 bits per heavy atom. The third kappa shape index (κ3) is 3.61. The number of nitrogens with zero attached hydrogens (tertiary/aromatic N) is 4. The summed E-state index contributed by atoms with van der Waals surface area (Å²) >= 11 is 0. The van der Waals surface area contributed by atoms with E-state index in [4.69, 9.17) is 0 Å². The molecule has 1 aromatic carbocycles. The molecule has 0 spiro atoms. The van der Waals surface area contributed by atoms with E-state index < -0.39 is 0 Å². The molecule has 1 atom stereocenters. The highest BCUT2D eigenvalue weighted by Gasteiger charge is 2.26. The number of imidazole rings is 1. The number of aryl methyl sites for hydroxylation is 1. The van der Waals surface area contributed by atoms with Crippen LogP contribution in [-0.2, 0) is 11.2 Å². The summed E-state index contributed by atoms with van der Waals surface area (Å²) in [7, 11) is 1.97. The lowest BCUT2D eigenvalue weighted by atomic mass is 10.0. The van der Waals surface area contributed by atoms with Crippen molar-refractivity contribution in [2.24, 2.45) is 0 Å². The Morgan fingerprint density at radius 3 is 2.88 bits per heavy atom. The lowest BCUT2D eigenvalue weighted by Crippen LogP contribution is -2.45. The Hall–Kier alpha value is -2.30. The van der Waals surface area contributed by atoms with Crippen LogP contribution >= 0.6 is 0 Å². The van der Waals surface area contributed by atoms with Gasteiger partial charge in [0.1, 0.15) is 5.82 Å². The average molecular weight is 326 g/mol. The highest BCUT2D eigenvalue weighted by atomic mass is 16.2. The lowest BCUT2D eigenvalue weighted by molar-refractivity contribution is -0.131. The molecule has 1 fully saturated rings. The van der Waals surface area contributed by atoms with E-state index in [9.17, 15) is 4.79 Å². The van der Waals surface area contributed by atoms with Crippen molar-refractivity contribution in [1.82, 2.24) is 14.5 Å². The van der Waals surface area contributed by atoms with E-state index in [-0.39, 0.29) is 5.91 Å². The molecule has 2 aromatic rings. The molecule has 1 unspecified atom stereocenters. The van der Waals surface area contributed by atoms with E-state index in [1.165, 1.54) is 0 Å². The number of rotatable bonds is 5. The van der Waals surface area contributed by atoms with Crippen molar-refractivity contribution < 1.29 is 4.79 Å². The zero-order chi connectivity index (χ0) is 16.9. The summed E-state index contributed by atoms with van der Waals surface area (Å²) in [6, 6.07) is 10.4. The minimum atomic E-state index is 0.198. The van der Waals surface area contributed by atoms with Crippen LogP contribution in [0.25, 0.3) is 0 Å². The molecule has 2 heterocycles. The predicted octanol–water partition coefficient (Wildman–Crippen LogP) is 2.75. The molecule has 0 aliphatic carbocycles. The van der Waals surface area contributed by atoms with Gasteiger partial charge in [0.2, 0.25) is 5.91 Å². The maximum atomic E-state index is 12.7. The zero-order valence-corrected chi connectivity index (χ0v) is 14.6. The number of carbonyl (C=O) groups excluding carboxylic acids is 1. The SMILES string of the molecule is CCc1nccn1C1CCCN(C(=O)CN(C)c2ccccc2)C1. The van der Waals surface area contributed by atoms with E-state index in [0.29, 0.717) is 12.6 Å². The first kappa shape index (κ1) is 16.6. The first-order chi connectivity index (χ1) is 11.7. The predicted molar refractivity (Wildman–Crippen MR) is 96.2 cm³/mol. The van der Waals surface area contributed by atoms with Crippen LogP contribution in [0.5, 0.6) is 0 Å². The van der Waals surface area contributed by atoms with Gasteiger partial charge >= 0.3 is 0 Å². The van der Waals surface area contributed by atoms with Crippen molar-refractivity contribution in [3.05, 3.63) is 48.5 Å². The number of likely N-dealkylation sites (tertiary alicyclic amines) is 1. The Labute approximate surface area is 143 Å². The average Bonchev–Trinajstić information content (AvgIpc) is 3.11. The van der Waals surface area contributed by atoms with E-state index in [1.807, 2.05) is 59.6 Å². The minimum Gasteiger partial charge on any atom is -0.365 e. The maximum Gasteiger partial charge on any atom is 0.242 e. The Morgan fingerprint density at radius 2 is 2.12 bits per heavy atom. The summed E-state index contributed by atoms with van der Waals surface area (Å²) < 4.78 is 2.25. The van der Waals surface area contributed by atoms with Crippen molar-refractivity contribution >= 4 is 11.6 Å². The van der Waals surface area contributed by atoms with Crippen molar-refractivity contribution in [3.8, 4) is 0 Å². The largest absolute Gasteiger partial charge is 0.365 e. The number of piperidine rings is 1. The number of anilines is 1. The summed E-state index contributed by atoms with van der Waals surface area (Å²) in [4.78, 5) is 21.2. The van der Waals surface area contributed by atoms with Gasteiger partial charge in [-0.25, -0.2) is 4.98 Å². The van der Waals surface area contributed by atoms with Crippen molar-refractivity contribution in [3.63, 3.8) is 0 Å². The molecule has 1 aliphatic rings. The van der Waals surface area contributed by atoms with Crippen molar-refractivity contribution in [2.75, 3.05) is 31.6 Å². The molecule has 1 aromatic heterocycles. The lowest BCUT2D eigenvalue weighted by Gasteiger charge is -2.35. The molecule has 3 rings (SSSR count).